The summed E-state index contributed by atoms with van der Waals surface area (Å²) in [6.45, 7) is 0.698. The average molecular weight is 993 g/mol. The van der Waals surface area contributed by atoms with E-state index < -0.39 is 65.7 Å². The second-order valence-corrected chi connectivity index (χ2v) is 17.7. The van der Waals surface area contributed by atoms with Gasteiger partial charge in [0.25, 0.3) is 11.8 Å². The predicted molar refractivity (Wildman–Crippen MR) is 255 cm³/mol. The molecule has 2 aliphatic carbocycles. The predicted octanol–water partition coefficient (Wildman–Crippen LogP) is 1.94. The summed E-state index contributed by atoms with van der Waals surface area (Å²) in [6.07, 6.45) is 4.42. The van der Waals surface area contributed by atoms with E-state index in [1.54, 1.807) is 35.2 Å². The van der Waals surface area contributed by atoms with Gasteiger partial charge in [-0.25, -0.2) is 9.59 Å². The van der Waals surface area contributed by atoms with E-state index in [1.165, 1.54) is 36.3 Å². The first-order valence-corrected chi connectivity index (χ1v) is 23.6. The van der Waals surface area contributed by atoms with Gasteiger partial charge in [0, 0.05) is 86.1 Å². The highest BCUT2D eigenvalue weighted by Gasteiger charge is 2.42. The molecule has 0 aromatic heterocycles. The van der Waals surface area contributed by atoms with Crippen molar-refractivity contribution in [2.45, 2.75) is 70.4 Å². The standard InChI is InChI=1S/C50H56N8O14/c1-71-35-9-5-7-32-40(35)46(66)42-41(44(32)64)45(65)33-25-29(13-16-31(33)43(42)63)48(68)56-21-23-57(24-22-56)50(70)72-27-28-11-14-30(15-12-28)54-47(67)34(8-6-19-52-49(51)69)55-37(60)26-53-36(59)10-3-2-4-20-58-38(61)17-18-39(58)62/h5,7,9,11-12,14-15,17-18,29,34,63,65H,2-4,6,8,10,13,16,19-27H2,1H3,(H,53,59)(H,54,67)(H,55,60)(H3,51,52,69). The van der Waals surface area contributed by atoms with Gasteiger partial charge < -0.3 is 56.5 Å². The number of amides is 9. The number of rotatable bonds is 19. The molecular formula is C50H56N8O14. The molecule has 2 atom stereocenters. The van der Waals surface area contributed by atoms with Crippen molar-refractivity contribution >= 4 is 64.8 Å². The minimum atomic E-state index is -1.05. The van der Waals surface area contributed by atoms with Crippen LogP contribution in [0.1, 0.15) is 93.5 Å². The minimum absolute atomic E-state index is 0.0100. The largest absolute Gasteiger partial charge is 0.507 e. The first kappa shape index (κ1) is 51.5. The van der Waals surface area contributed by atoms with Crippen LogP contribution in [0.4, 0.5) is 15.3 Å². The molecule has 2 unspecified atom stereocenters. The van der Waals surface area contributed by atoms with E-state index in [0.717, 1.165) is 4.90 Å². The van der Waals surface area contributed by atoms with Crippen molar-refractivity contribution < 1.29 is 67.6 Å². The van der Waals surface area contributed by atoms with Crippen LogP contribution in [0.3, 0.4) is 0 Å². The van der Waals surface area contributed by atoms with Gasteiger partial charge in [-0.05, 0) is 68.7 Å². The topological polar surface area (TPSA) is 313 Å². The molecule has 380 valence electrons. The Balaban J connectivity index is 0.844. The summed E-state index contributed by atoms with van der Waals surface area (Å²) in [5.41, 5.74) is 6.15. The van der Waals surface area contributed by atoms with Crippen molar-refractivity contribution in [2.75, 3.05) is 58.2 Å². The summed E-state index contributed by atoms with van der Waals surface area (Å²) >= 11 is 0. The lowest BCUT2D eigenvalue weighted by atomic mass is 9.75. The van der Waals surface area contributed by atoms with Crippen molar-refractivity contribution in [3.8, 4) is 17.2 Å². The Morgan fingerprint density at radius 3 is 2.15 bits per heavy atom. The number of piperazine rings is 1. The molecular weight excluding hydrogens is 937 g/mol. The maximum atomic E-state index is 13.8. The third kappa shape index (κ3) is 11.8. The van der Waals surface area contributed by atoms with Gasteiger partial charge in [0.2, 0.25) is 29.4 Å². The highest BCUT2D eigenvalue weighted by molar-refractivity contribution is 6.31. The number of fused-ring (bicyclic) bond motifs is 3. The average Bonchev–Trinajstić information content (AvgIpc) is 3.70. The number of hydrogen-bond acceptors (Lipinski definition) is 14. The fourth-order valence-electron chi connectivity index (χ4n) is 9.22. The van der Waals surface area contributed by atoms with Crippen LogP contribution in [-0.2, 0) is 53.0 Å². The number of unbranched alkanes of at least 4 members (excludes halogenated alkanes) is 2. The van der Waals surface area contributed by atoms with E-state index in [1.807, 2.05) is 0 Å². The van der Waals surface area contributed by atoms with Crippen LogP contribution in [0.15, 0.2) is 54.6 Å². The summed E-state index contributed by atoms with van der Waals surface area (Å²) in [5.74, 6) is -5.04. The highest BCUT2D eigenvalue weighted by atomic mass is 16.6. The number of hydrogen-bond donors (Lipinski definition) is 7. The smallest absolute Gasteiger partial charge is 0.410 e. The van der Waals surface area contributed by atoms with Crippen LogP contribution in [-0.4, -0.2) is 143 Å². The molecule has 0 spiro atoms. The molecule has 8 N–H and O–H groups in total. The second-order valence-electron chi connectivity index (χ2n) is 17.7. The summed E-state index contributed by atoms with van der Waals surface area (Å²) in [5, 5.41) is 33.1. The number of carbonyl (C=O) groups excluding carboxylic acids is 10. The van der Waals surface area contributed by atoms with E-state index in [2.05, 4.69) is 21.3 Å². The monoisotopic (exact) mass is 992 g/mol. The molecule has 1 fully saturated rings. The number of urea groups is 1. The number of phenols is 2. The number of aromatic hydroxyl groups is 2. The summed E-state index contributed by atoms with van der Waals surface area (Å²) in [7, 11) is 1.36. The first-order chi connectivity index (χ1) is 34.6. The number of anilines is 1. The first-order valence-electron chi connectivity index (χ1n) is 23.6. The zero-order chi connectivity index (χ0) is 51.6. The lowest BCUT2D eigenvalue weighted by molar-refractivity contribution is -0.138. The zero-order valence-corrected chi connectivity index (χ0v) is 39.6. The third-order valence-electron chi connectivity index (χ3n) is 13.1. The molecule has 9 amide bonds. The molecule has 3 aromatic rings. The number of nitrogens with zero attached hydrogens (tertiary/aromatic N) is 3. The number of nitrogens with one attached hydrogen (secondary N) is 4. The number of ketones is 2. The minimum Gasteiger partial charge on any atom is -0.507 e. The molecule has 22 nitrogen and oxygen atoms in total. The number of benzene rings is 3. The molecule has 0 saturated carbocycles. The van der Waals surface area contributed by atoms with Gasteiger partial charge in [-0.15, -0.1) is 0 Å². The molecule has 2 heterocycles. The Bertz CT molecular complexity index is 2700. The molecule has 22 heteroatoms. The van der Waals surface area contributed by atoms with Gasteiger partial charge in [-0.3, -0.25) is 43.3 Å². The van der Waals surface area contributed by atoms with Gasteiger partial charge in [0.1, 0.15) is 29.9 Å². The Labute approximate surface area is 413 Å². The number of phenolic OH excluding ortho intramolecular Hbond substituents is 2. The lowest BCUT2D eigenvalue weighted by Gasteiger charge is -2.37. The Morgan fingerprint density at radius 1 is 0.778 bits per heavy atom. The highest BCUT2D eigenvalue weighted by Crippen LogP contribution is 2.47. The van der Waals surface area contributed by atoms with Crippen molar-refractivity contribution in [3.05, 3.63) is 93.6 Å². The van der Waals surface area contributed by atoms with E-state index in [0.29, 0.717) is 42.5 Å². The van der Waals surface area contributed by atoms with Crippen molar-refractivity contribution in [2.24, 2.45) is 11.7 Å². The Morgan fingerprint density at radius 2 is 1.46 bits per heavy atom. The van der Waals surface area contributed by atoms with Gasteiger partial charge in [0.15, 0.2) is 5.78 Å². The molecule has 4 aliphatic rings. The molecule has 3 aromatic carbocycles. The quantitative estimate of drug-likeness (QED) is 0.0402. The SMILES string of the molecule is COc1cccc2c1C(=O)c1c(O)c3c(c(O)c1C2=O)CC(C(=O)N1CCN(C(=O)OCc2ccc(NC(=O)C(CCCNC(N)=O)NC(=O)CNC(=O)CCCCCN4C(=O)C=CC4=O)cc2)CC1)CC3. The van der Waals surface area contributed by atoms with Gasteiger partial charge in [0.05, 0.1) is 30.3 Å². The normalized spacial score (nSPS) is 16.3. The van der Waals surface area contributed by atoms with Gasteiger partial charge >= 0.3 is 12.1 Å². The molecule has 72 heavy (non-hydrogen) atoms. The van der Waals surface area contributed by atoms with Crippen LogP contribution in [0.25, 0.3) is 0 Å². The fraction of sp³-hybridized carbons (Fsp3) is 0.400. The summed E-state index contributed by atoms with van der Waals surface area (Å²) in [4.78, 5) is 131. The molecule has 0 radical (unpaired) electrons. The molecule has 7 rings (SSSR count). The fourth-order valence-corrected chi connectivity index (χ4v) is 9.22. The van der Waals surface area contributed by atoms with Crippen LogP contribution >= 0.6 is 0 Å². The lowest BCUT2D eigenvalue weighted by Crippen LogP contribution is -2.52. The summed E-state index contributed by atoms with van der Waals surface area (Å²) in [6, 6.07) is 9.20. The maximum absolute atomic E-state index is 13.8. The summed E-state index contributed by atoms with van der Waals surface area (Å²) < 4.78 is 10.9. The van der Waals surface area contributed by atoms with E-state index in [9.17, 15) is 58.2 Å². The number of nitrogens with two attached hydrogens (primary N) is 1. The van der Waals surface area contributed by atoms with Gasteiger partial charge in [-0.2, -0.15) is 0 Å². The van der Waals surface area contributed by atoms with E-state index in [-0.39, 0.29) is 135 Å². The van der Waals surface area contributed by atoms with Crippen LogP contribution in [0.5, 0.6) is 17.2 Å². The number of primary amides is 1. The zero-order valence-electron chi connectivity index (χ0n) is 39.6. The van der Waals surface area contributed by atoms with Crippen LogP contribution in [0.2, 0.25) is 0 Å². The molecule has 1 saturated heterocycles. The number of ether oxygens (including phenoxy) is 2. The van der Waals surface area contributed by atoms with Crippen LogP contribution < -0.4 is 31.7 Å². The number of carbonyl (C=O) groups is 10. The van der Waals surface area contributed by atoms with E-state index in [4.69, 9.17) is 15.2 Å². The van der Waals surface area contributed by atoms with Crippen LogP contribution in [0, 0.1) is 5.92 Å². The Hall–Kier alpha value is -8.30. The van der Waals surface area contributed by atoms with Crippen molar-refractivity contribution in [1.82, 2.24) is 30.7 Å². The molecule has 2 aliphatic heterocycles. The Kier molecular flexibility index (Phi) is 16.5. The maximum Gasteiger partial charge on any atom is 0.410 e. The second kappa shape index (κ2) is 23.1. The number of imide groups is 1. The molecule has 0 bridgehead atoms. The number of methoxy groups -OCH3 is 1. The van der Waals surface area contributed by atoms with E-state index >= 15 is 0 Å². The van der Waals surface area contributed by atoms with Crippen molar-refractivity contribution in [3.63, 3.8) is 0 Å². The van der Waals surface area contributed by atoms with Crippen molar-refractivity contribution in [1.29, 1.82) is 0 Å². The van der Waals surface area contributed by atoms with Gasteiger partial charge in [-0.1, -0.05) is 30.7 Å². The third-order valence-corrected chi connectivity index (χ3v) is 13.1.